The van der Waals surface area contributed by atoms with E-state index in [1.807, 2.05) is 0 Å². The molecule has 0 bridgehead atoms. The third-order valence-electron chi connectivity index (χ3n) is 8.43. The van der Waals surface area contributed by atoms with E-state index < -0.39 is 74.0 Å². The average Bonchev–Trinajstić information content (AvgIpc) is 3.48. The molecular formula is C36H25CrN8Na3O14S2+2. The average molecular weight is 979 g/mol. The van der Waals surface area contributed by atoms with Gasteiger partial charge in [0.25, 0.3) is 31.6 Å². The molecular weight excluding hydrogens is 954 g/mol. The van der Waals surface area contributed by atoms with Gasteiger partial charge in [0.05, 0.1) is 15.5 Å². The summed E-state index contributed by atoms with van der Waals surface area (Å²) in [5.74, 6) is -1.85. The van der Waals surface area contributed by atoms with E-state index in [-0.39, 0.29) is 145 Å². The van der Waals surface area contributed by atoms with Crippen molar-refractivity contribution in [1.82, 2.24) is 9.78 Å². The number of azo groups is 2. The van der Waals surface area contributed by atoms with Crippen molar-refractivity contribution in [3.05, 3.63) is 139 Å². The summed E-state index contributed by atoms with van der Waals surface area (Å²) in [7, 11) is -9.79. The third kappa shape index (κ3) is 12.3. The maximum absolute atomic E-state index is 12.5. The largest absolute Gasteiger partial charge is 1.00 e. The Bertz CT molecular complexity index is 3270. The van der Waals surface area contributed by atoms with Crippen molar-refractivity contribution >= 4 is 75.9 Å². The van der Waals surface area contributed by atoms with Crippen molar-refractivity contribution < 1.29 is 157 Å². The molecule has 312 valence electrons. The number of aromatic hydroxyl groups is 3. The number of aromatic nitrogens is 2. The minimum absolute atomic E-state index is 0. The normalized spacial score (nSPS) is 11.2. The first-order chi connectivity index (χ1) is 28.3. The Morgan fingerprint density at radius 3 is 1.83 bits per heavy atom. The number of phenols is 3. The fourth-order valence-electron chi connectivity index (χ4n) is 5.65. The van der Waals surface area contributed by atoms with Crippen LogP contribution in [0.5, 0.6) is 17.2 Å². The minimum Gasteiger partial charge on any atom is -0.506 e. The van der Waals surface area contributed by atoms with Crippen LogP contribution >= 0.6 is 0 Å². The molecule has 6 aromatic carbocycles. The Labute approximate surface area is 437 Å². The van der Waals surface area contributed by atoms with Gasteiger partial charge in [-0.05, 0) is 29.7 Å². The standard InChI is InChI=1S/C20H13N3O7S.C16H12N5O7S.Cr.3Na/c24-16-8-5-11-3-1-2-4-13(11)19(16)21-22-20-14-7-6-12(23(26)27)9-15(14)18(10-17(20)25)31(28,29)30;1-9-14(16(23)20(19-9)10-5-3-2-4-6-10)18-17-12-7-11(21(24)25)8-13(15(12)22)29(26,27)28;;;;/h1-10,24-25H,(H,28,29,30);2-8,22H,1H3,(H,26,27,28);;;;/q;-1;;3*+1. The smallest absolute Gasteiger partial charge is 0.506 e. The van der Waals surface area contributed by atoms with Gasteiger partial charge in [0.2, 0.25) is 0 Å². The summed E-state index contributed by atoms with van der Waals surface area (Å²) < 4.78 is 65.9. The van der Waals surface area contributed by atoms with E-state index in [9.17, 15) is 61.7 Å². The Hall–Kier alpha value is -4.40. The zero-order valence-electron chi connectivity index (χ0n) is 33.5. The number of hydrogen-bond acceptors (Lipinski definition) is 17. The van der Waals surface area contributed by atoms with Crippen molar-refractivity contribution in [2.45, 2.75) is 16.7 Å². The Kier molecular flexibility index (Phi) is 19.7. The molecule has 1 aromatic heterocycles. The van der Waals surface area contributed by atoms with E-state index in [0.29, 0.717) is 17.1 Å². The second kappa shape index (κ2) is 22.7. The van der Waals surface area contributed by atoms with Gasteiger partial charge in [-0.1, -0.05) is 61.1 Å². The van der Waals surface area contributed by atoms with Crippen LogP contribution in [0.1, 0.15) is 5.69 Å². The molecule has 64 heavy (non-hydrogen) atoms. The Morgan fingerprint density at radius 1 is 0.656 bits per heavy atom. The molecule has 28 heteroatoms. The molecule has 22 nitrogen and oxygen atoms in total. The molecule has 1 heterocycles. The molecule has 0 radical (unpaired) electrons. The first-order valence-electron chi connectivity index (χ1n) is 16.5. The first kappa shape index (κ1) is 55.7. The van der Waals surface area contributed by atoms with Gasteiger partial charge < -0.3 is 25.2 Å². The van der Waals surface area contributed by atoms with E-state index in [1.54, 1.807) is 60.7 Å². The van der Waals surface area contributed by atoms with Crippen molar-refractivity contribution in [2.75, 3.05) is 0 Å². The number of nitro benzene ring substituents is 2. The van der Waals surface area contributed by atoms with Crippen LogP contribution in [0.4, 0.5) is 34.1 Å². The number of fused-ring (bicyclic) bond motifs is 2. The zero-order valence-corrected chi connectivity index (χ0v) is 42.4. The van der Waals surface area contributed by atoms with Crippen LogP contribution in [-0.2, 0) is 37.6 Å². The third-order valence-corrected chi connectivity index (χ3v) is 10.2. The van der Waals surface area contributed by atoms with Gasteiger partial charge >= 0.3 is 88.7 Å². The molecule has 7 aromatic rings. The zero-order chi connectivity index (χ0) is 43.7. The molecule has 0 aliphatic heterocycles. The summed E-state index contributed by atoms with van der Waals surface area (Å²) >= 11 is 0. The fourth-order valence-corrected chi connectivity index (χ4v) is 6.98. The monoisotopic (exact) mass is 978 g/mol. The Morgan fingerprint density at radius 2 is 1.23 bits per heavy atom. The number of phenolic OH excluding ortho intramolecular Hbond substituents is 3. The fraction of sp³-hybridized carbons (Fsp3) is 0.0278. The number of para-hydroxylation sites is 1. The number of nitrogens with zero attached hydrogens (tertiary/aromatic N) is 8. The molecule has 5 N–H and O–H groups in total. The molecule has 0 spiro atoms. The number of non-ortho nitro benzene ring substituents is 2. The molecule has 0 amide bonds. The SMILES string of the molecule is Cc1nn(-c2ccccc2)c(=O)[c-]1N=Nc1cc([N+](=O)[O-])cc(S(=O)(=O)O)c1O.O=[N+]([O-])c1ccc2c(N=Nc3c(O)ccc4ccccc34)c(O)cc(S(=O)(=O)O)c2c1.[Cr].[Na+].[Na+].[Na+]. The van der Waals surface area contributed by atoms with E-state index in [4.69, 9.17) is 4.55 Å². The number of nitro groups is 2. The van der Waals surface area contributed by atoms with Gasteiger partial charge in [-0.3, -0.25) is 29.3 Å². The summed E-state index contributed by atoms with van der Waals surface area (Å²) in [6, 6.07) is 23.8. The summed E-state index contributed by atoms with van der Waals surface area (Å²) in [6.45, 7) is 1.48. The van der Waals surface area contributed by atoms with Crippen LogP contribution in [0.25, 0.3) is 27.2 Å². The first-order valence-corrected chi connectivity index (χ1v) is 19.4. The van der Waals surface area contributed by atoms with Crippen LogP contribution < -0.4 is 94.2 Å². The van der Waals surface area contributed by atoms with Crippen molar-refractivity contribution in [2.24, 2.45) is 20.5 Å². The molecule has 0 saturated carbocycles. The number of aryl methyl sites for hydroxylation is 1. The number of benzene rings is 6. The quantitative estimate of drug-likeness (QED) is 0.0275. The summed E-state index contributed by atoms with van der Waals surface area (Å²) in [5, 5.41) is 73.2. The van der Waals surface area contributed by atoms with E-state index in [0.717, 1.165) is 34.3 Å². The molecule has 0 aliphatic rings. The molecule has 0 atom stereocenters. The second-order valence-corrected chi connectivity index (χ2v) is 15.1. The van der Waals surface area contributed by atoms with Gasteiger partial charge in [-0.2, -0.15) is 21.9 Å². The summed E-state index contributed by atoms with van der Waals surface area (Å²) in [5.41, 5.74) is -2.09. The maximum Gasteiger partial charge on any atom is 1.00 e. The van der Waals surface area contributed by atoms with Crippen molar-refractivity contribution in [3.8, 4) is 22.9 Å². The van der Waals surface area contributed by atoms with Gasteiger partial charge in [-0.25, -0.2) is 9.78 Å². The van der Waals surface area contributed by atoms with Crippen molar-refractivity contribution in [1.29, 1.82) is 0 Å². The molecule has 0 unspecified atom stereocenters. The van der Waals surface area contributed by atoms with Gasteiger partial charge in [0.15, 0.2) is 5.75 Å². The van der Waals surface area contributed by atoms with Crippen LogP contribution in [0, 0.1) is 27.2 Å². The second-order valence-electron chi connectivity index (χ2n) is 12.3. The maximum atomic E-state index is 12.5. The van der Waals surface area contributed by atoms with Gasteiger partial charge in [0, 0.05) is 63.9 Å². The number of hydrogen-bond donors (Lipinski definition) is 5. The minimum atomic E-state index is -4.98. The summed E-state index contributed by atoms with van der Waals surface area (Å²) in [6.07, 6.45) is 0. The number of rotatable bonds is 9. The van der Waals surface area contributed by atoms with Crippen LogP contribution in [0.15, 0.2) is 138 Å². The van der Waals surface area contributed by atoms with Crippen molar-refractivity contribution in [3.63, 3.8) is 0 Å². The van der Waals surface area contributed by atoms with Crippen LogP contribution in [0.2, 0.25) is 0 Å². The predicted octanol–water partition coefficient (Wildman–Crippen LogP) is -1.48. The topological polar surface area (TPSA) is 340 Å². The Balaban J connectivity index is 0.000000415. The van der Waals surface area contributed by atoms with Crippen LogP contribution in [0.3, 0.4) is 0 Å². The molecule has 0 saturated heterocycles. The van der Waals surface area contributed by atoms with E-state index in [2.05, 4.69) is 25.6 Å². The molecule has 0 aliphatic carbocycles. The van der Waals surface area contributed by atoms with Gasteiger partial charge in [-0.15, -0.1) is 15.9 Å². The molecule has 0 fully saturated rings. The van der Waals surface area contributed by atoms with E-state index >= 15 is 0 Å². The molecule has 7 rings (SSSR count). The van der Waals surface area contributed by atoms with Crippen LogP contribution in [-0.4, -0.2) is 60.9 Å². The van der Waals surface area contributed by atoms with Gasteiger partial charge in [0.1, 0.15) is 43.9 Å². The predicted molar refractivity (Wildman–Crippen MR) is 211 cm³/mol. The van der Waals surface area contributed by atoms with E-state index in [1.165, 1.54) is 19.1 Å². The summed E-state index contributed by atoms with van der Waals surface area (Å²) in [4.78, 5) is 31.2.